The molecule has 3 N–H and O–H groups in total. The van der Waals surface area contributed by atoms with E-state index < -0.39 is 17.8 Å². The number of carboxylic acids is 1. The van der Waals surface area contributed by atoms with Crippen LogP contribution in [0, 0.1) is 12.7 Å². The molecule has 0 aliphatic carbocycles. The number of carbonyl (C=O) groups is 1. The van der Waals surface area contributed by atoms with Gasteiger partial charge in [0.2, 0.25) is 0 Å². The van der Waals surface area contributed by atoms with Crippen LogP contribution in [0.1, 0.15) is 23.6 Å². The maximum absolute atomic E-state index is 13.9. The van der Waals surface area contributed by atoms with Crippen LogP contribution in [0.15, 0.2) is 10.5 Å². The Balaban J connectivity index is 3.33. The zero-order chi connectivity index (χ0) is 13.2. The van der Waals surface area contributed by atoms with Crippen LogP contribution < -0.4 is 10.5 Å². The number of methoxy groups -OCH3 is 1. The molecule has 0 bridgehead atoms. The van der Waals surface area contributed by atoms with Crippen molar-refractivity contribution in [1.29, 1.82) is 0 Å². The van der Waals surface area contributed by atoms with Crippen molar-refractivity contribution in [3.63, 3.8) is 0 Å². The Kier molecular flexibility index (Phi) is 4.47. The Hall–Kier alpha value is -1.14. The number of rotatable bonds is 4. The highest BCUT2D eigenvalue weighted by Crippen LogP contribution is 2.35. The van der Waals surface area contributed by atoms with Gasteiger partial charge < -0.3 is 15.6 Å². The molecule has 0 fully saturated rings. The average Bonchev–Trinajstić information content (AvgIpc) is 2.21. The van der Waals surface area contributed by atoms with E-state index in [1.165, 1.54) is 7.11 Å². The topological polar surface area (TPSA) is 72.5 Å². The minimum absolute atomic E-state index is 0.0850. The van der Waals surface area contributed by atoms with Gasteiger partial charge in [-0.25, -0.2) is 4.39 Å². The summed E-state index contributed by atoms with van der Waals surface area (Å²) in [5.74, 6) is -1.38. The summed E-state index contributed by atoms with van der Waals surface area (Å²) in [5.41, 5.74) is 6.47. The summed E-state index contributed by atoms with van der Waals surface area (Å²) < 4.78 is 19.3. The van der Waals surface area contributed by atoms with Crippen molar-refractivity contribution >= 4 is 21.9 Å². The lowest BCUT2D eigenvalue weighted by atomic mass is 10.00. The van der Waals surface area contributed by atoms with Crippen molar-refractivity contribution in [3.8, 4) is 5.75 Å². The van der Waals surface area contributed by atoms with Crippen LogP contribution in [0.4, 0.5) is 4.39 Å². The smallest absolute Gasteiger partial charge is 0.305 e. The SMILES string of the molecule is COc1c(C)cc(Br)c(F)c1C(N)CC(=O)O. The van der Waals surface area contributed by atoms with Crippen LogP contribution in [-0.2, 0) is 4.79 Å². The number of benzene rings is 1. The monoisotopic (exact) mass is 305 g/mol. The van der Waals surface area contributed by atoms with Crippen LogP contribution in [0.25, 0.3) is 0 Å². The Bertz CT molecular complexity index is 451. The van der Waals surface area contributed by atoms with Crippen molar-refractivity contribution in [3.05, 3.63) is 27.5 Å². The van der Waals surface area contributed by atoms with Crippen LogP contribution in [0.3, 0.4) is 0 Å². The zero-order valence-electron chi connectivity index (χ0n) is 9.46. The van der Waals surface area contributed by atoms with Crippen molar-refractivity contribution in [2.24, 2.45) is 5.73 Å². The summed E-state index contributed by atoms with van der Waals surface area (Å²) in [6.45, 7) is 1.74. The molecule has 6 heteroatoms. The van der Waals surface area contributed by atoms with Gasteiger partial charge in [0.15, 0.2) is 0 Å². The number of hydrogen-bond donors (Lipinski definition) is 2. The van der Waals surface area contributed by atoms with Crippen molar-refractivity contribution in [2.45, 2.75) is 19.4 Å². The Morgan fingerprint density at radius 3 is 2.76 bits per heavy atom. The zero-order valence-corrected chi connectivity index (χ0v) is 11.0. The van der Waals surface area contributed by atoms with Crippen LogP contribution in [-0.4, -0.2) is 18.2 Å². The quantitative estimate of drug-likeness (QED) is 0.896. The van der Waals surface area contributed by atoms with E-state index in [9.17, 15) is 9.18 Å². The first-order chi connectivity index (χ1) is 7.88. The lowest BCUT2D eigenvalue weighted by Gasteiger charge is -2.18. The molecule has 94 valence electrons. The standard InChI is InChI=1S/C11H13BrFNO3/c1-5-3-6(12)10(13)9(11(5)17-2)7(14)4-8(15)16/h3,7H,4,14H2,1-2H3,(H,15,16). The third-order valence-electron chi connectivity index (χ3n) is 2.36. The number of halogens is 2. The maximum atomic E-state index is 13.9. The fourth-order valence-electron chi connectivity index (χ4n) is 1.65. The molecule has 0 saturated carbocycles. The molecule has 0 radical (unpaired) electrons. The van der Waals surface area contributed by atoms with Crippen LogP contribution >= 0.6 is 15.9 Å². The van der Waals surface area contributed by atoms with E-state index in [4.69, 9.17) is 15.6 Å². The predicted octanol–water partition coefficient (Wildman–Crippen LogP) is 2.38. The van der Waals surface area contributed by atoms with E-state index in [1.807, 2.05) is 0 Å². The first-order valence-corrected chi connectivity index (χ1v) is 5.67. The van der Waals surface area contributed by atoms with Gasteiger partial charge in [0.1, 0.15) is 11.6 Å². The van der Waals surface area contributed by atoms with Gasteiger partial charge in [-0.05, 0) is 34.5 Å². The summed E-state index contributed by atoms with van der Waals surface area (Å²) in [6, 6.07) is 0.615. The highest BCUT2D eigenvalue weighted by Gasteiger charge is 2.23. The van der Waals surface area contributed by atoms with Crippen molar-refractivity contribution < 1.29 is 19.0 Å². The van der Waals surface area contributed by atoms with Crippen molar-refractivity contribution in [1.82, 2.24) is 0 Å². The normalized spacial score (nSPS) is 12.3. The summed E-state index contributed by atoms with van der Waals surface area (Å²) in [7, 11) is 1.40. The minimum Gasteiger partial charge on any atom is -0.496 e. The average molecular weight is 306 g/mol. The van der Waals surface area contributed by atoms with Gasteiger partial charge in [0, 0.05) is 11.6 Å². The third kappa shape index (κ3) is 2.95. The second-order valence-electron chi connectivity index (χ2n) is 3.64. The van der Waals surface area contributed by atoms with Gasteiger partial charge >= 0.3 is 5.97 Å². The van der Waals surface area contributed by atoms with Crippen LogP contribution in [0.5, 0.6) is 5.75 Å². The molecule has 1 aromatic rings. The first-order valence-electron chi connectivity index (χ1n) is 4.88. The molecule has 0 saturated heterocycles. The van der Waals surface area contributed by atoms with E-state index in [2.05, 4.69) is 15.9 Å². The van der Waals surface area contributed by atoms with Gasteiger partial charge in [0.05, 0.1) is 18.0 Å². The molecule has 0 aliphatic rings. The van der Waals surface area contributed by atoms with Crippen molar-refractivity contribution in [2.75, 3.05) is 7.11 Å². The lowest BCUT2D eigenvalue weighted by molar-refractivity contribution is -0.137. The number of aliphatic carboxylic acids is 1. The Labute approximate surface area is 107 Å². The number of carboxylic acid groups (broad SMARTS) is 1. The minimum atomic E-state index is -1.09. The first kappa shape index (κ1) is 13.9. The summed E-state index contributed by atoms with van der Waals surface area (Å²) >= 11 is 3.06. The van der Waals surface area contributed by atoms with E-state index >= 15 is 0 Å². The lowest BCUT2D eigenvalue weighted by Crippen LogP contribution is -2.18. The fourth-order valence-corrected chi connectivity index (χ4v) is 2.21. The summed E-state index contributed by atoms with van der Waals surface area (Å²) in [5, 5.41) is 8.68. The number of aryl methyl sites for hydroxylation is 1. The molecule has 0 spiro atoms. The van der Waals surface area contributed by atoms with E-state index in [0.29, 0.717) is 11.3 Å². The van der Waals surface area contributed by atoms with Gasteiger partial charge in [0.25, 0.3) is 0 Å². The molecule has 0 amide bonds. The molecule has 0 aromatic heterocycles. The molecule has 0 heterocycles. The predicted molar refractivity (Wildman–Crippen MR) is 64.6 cm³/mol. The molecule has 1 atom stereocenters. The Morgan fingerprint density at radius 1 is 1.71 bits per heavy atom. The molecule has 1 aromatic carbocycles. The number of ether oxygens (including phenoxy) is 1. The van der Waals surface area contributed by atoms with Crippen LogP contribution in [0.2, 0.25) is 0 Å². The fraction of sp³-hybridized carbons (Fsp3) is 0.364. The molecular formula is C11H13BrFNO3. The molecule has 17 heavy (non-hydrogen) atoms. The summed E-state index contributed by atoms with van der Waals surface area (Å²) in [6.07, 6.45) is -0.358. The second-order valence-corrected chi connectivity index (χ2v) is 4.49. The third-order valence-corrected chi connectivity index (χ3v) is 2.94. The van der Waals surface area contributed by atoms with E-state index in [-0.39, 0.29) is 16.5 Å². The Morgan fingerprint density at radius 2 is 2.29 bits per heavy atom. The highest BCUT2D eigenvalue weighted by atomic mass is 79.9. The summed E-state index contributed by atoms with van der Waals surface area (Å²) in [4.78, 5) is 10.6. The van der Waals surface area contributed by atoms with Gasteiger partial charge in [-0.1, -0.05) is 0 Å². The molecule has 0 aliphatic heterocycles. The molecule has 1 rings (SSSR count). The maximum Gasteiger partial charge on any atom is 0.305 e. The van der Waals surface area contributed by atoms with E-state index in [1.54, 1.807) is 13.0 Å². The van der Waals surface area contributed by atoms with Gasteiger partial charge in [-0.3, -0.25) is 4.79 Å². The van der Waals surface area contributed by atoms with Gasteiger partial charge in [-0.2, -0.15) is 0 Å². The molecule has 4 nitrogen and oxygen atoms in total. The molecule has 1 unspecified atom stereocenters. The second kappa shape index (κ2) is 5.46. The largest absolute Gasteiger partial charge is 0.496 e. The number of nitrogens with two attached hydrogens (primary N) is 1. The van der Waals surface area contributed by atoms with Gasteiger partial charge in [-0.15, -0.1) is 0 Å². The highest BCUT2D eigenvalue weighted by molar-refractivity contribution is 9.10. The van der Waals surface area contributed by atoms with E-state index in [0.717, 1.165) is 0 Å². The molecular weight excluding hydrogens is 293 g/mol. The number of hydrogen-bond acceptors (Lipinski definition) is 3.